The number of rotatable bonds is 3. The summed E-state index contributed by atoms with van der Waals surface area (Å²) in [4.78, 5) is 13.8. The summed E-state index contributed by atoms with van der Waals surface area (Å²) < 4.78 is 0. The number of H-pyrrole nitrogens is 1. The quantitative estimate of drug-likeness (QED) is 0.795. The van der Waals surface area contributed by atoms with Crippen molar-refractivity contribution in [3.63, 3.8) is 0 Å². The second-order valence-corrected chi connectivity index (χ2v) is 4.07. The number of carbonyl (C=O) groups excluding carboxylic acids is 1. The number of nitrogens with zero attached hydrogens (tertiary/aromatic N) is 3. The third-order valence-electron chi connectivity index (χ3n) is 2.48. The second kappa shape index (κ2) is 4.92. The van der Waals surface area contributed by atoms with Crippen LogP contribution in [0.4, 0.5) is 5.69 Å². The van der Waals surface area contributed by atoms with Crippen molar-refractivity contribution in [3.05, 3.63) is 41.7 Å². The Morgan fingerprint density at radius 3 is 2.56 bits per heavy atom. The molecule has 0 spiro atoms. The van der Waals surface area contributed by atoms with Gasteiger partial charge in [0.05, 0.1) is 6.20 Å². The van der Waals surface area contributed by atoms with Crippen LogP contribution in [-0.2, 0) is 0 Å². The number of benzene rings is 1. The number of aromatic nitrogens is 3. The first-order valence-corrected chi connectivity index (χ1v) is 5.54. The third kappa shape index (κ3) is 2.35. The standard InChI is InChI=1S/C11H11N5OS/c1-16(11(17)9-6-13-15-14-9)8-4-2-7(3-5-8)10(12)18/h2-6H,1H3,(H2,12,18)(H,13,14,15). The van der Waals surface area contributed by atoms with E-state index in [0.717, 1.165) is 11.3 Å². The molecule has 0 aliphatic carbocycles. The van der Waals surface area contributed by atoms with Crippen LogP contribution < -0.4 is 10.6 Å². The Bertz CT molecular complexity index is 564. The first-order chi connectivity index (χ1) is 8.59. The van der Waals surface area contributed by atoms with Crippen molar-refractivity contribution in [2.45, 2.75) is 0 Å². The lowest BCUT2D eigenvalue weighted by Gasteiger charge is -2.16. The number of hydrogen-bond acceptors (Lipinski definition) is 4. The largest absolute Gasteiger partial charge is 0.389 e. The molecule has 2 rings (SSSR count). The van der Waals surface area contributed by atoms with E-state index in [1.807, 2.05) is 0 Å². The first-order valence-electron chi connectivity index (χ1n) is 5.13. The minimum absolute atomic E-state index is 0.244. The zero-order valence-corrected chi connectivity index (χ0v) is 10.4. The Morgan fingerprint density at radius 1 is 1.39 bits per heavy atom. The molecule has 92 valence electrons. The van der Waals surface area contributed by atoms with Crippen molar-refractivity contribution in [3.8, 4) is 0 Å². The molecule has 7 heteroatoms. The average molecular weight is 261 g/mol. The lowest BCUT2D eigenvalue weighted by atomic mass is 10.2. The van der Waals surface area contributed by atoms with Gasteiger partial charge in [0, 0.05) is 18.3 Å². The van der Waals surface area contributed by atoms with Crippen LogP contribution in [0.3, 0.4) is 0 Å². The molecule has 18 heavy (non-hydrogen) atoms. The summed E-state index contributed by atoms with van der Waals surface area (Å²) in [5.41, 5.74) is 7.25. The second-order valence-electron chi connectivity index (χ2n) is 3.63. The normalized spacial score (nSPS) is 10.1. The maximum Gasteiger partial charge on any atom is 0.280 e. The maximum atomic E-state index is 12.0. The molecule has 0 bridgehead atoms. The van der Waals surface area contributed by atoms with E-state index >= 15 is 0 Å². The van der Waals surface area contributed by atoms with Gasteiger partial charge in [-0.25, -0.2) is 0 Å². The fourth-order valence-electron chi connectivity index (χ4n) is 1.44. The lowest BCUT2D eigenvalue weighted by molar-refractivity contribution is 0.0988. The SMILES string of the molecule is CN(C(=O)c1cn[nH]n1)c1ccc(C(N)=S)cc1. The first kappa shape index (κ1) is 12.2. The van der Waals surface area contributed by atoms with Crippen molar-refractivity contribution < 1.29 is 4.79 Å². The Hall–Kier alpha value is -2.28. The summed E-state index contributed by atoms with van der Waals surface area (Å²) in [6.07, 6.45) is 1.38. The number of nitrogens with one attached hydrogen (secondary N) is 1. The molecule has 1 aromatic heterocycles. The number of carbonyl (C=O) groups is 1. The molecule has 2 aromatic rings. The summed E-state index contributed by atoms with van der Waals surface area (Å²) in [7, 11) is 1.66. The van der Waals surface area contributed by atoms with Crippen LogP contribution in [0.25, 0.3) is 0 Å². The van der Waals surface area contributed by atoms with E-state index in [4.69, 9.17) is 18.0 Å². The molecule has 1 aromatic carbocycles. The summed E-state index contributed by atoms with van der Waals surface area (Å²) in [5.74, 6) is -0.244. The van der Waals surface area contributed by atoms with Crippen LogP contribution in [-0.4, -0.2) is 33.4 Å². The number of amides is 1. The molecule has 0 saturated heterocycles. The van der Waals surface area contributed by atoms with Gasteiger partial charge in [0.1, 0.15) is 4.99 Å². The lowest BCUT2D eigenvalue weighted by Crippen LogP contribution is -2.26. The Labute approximate surface area is 109 Å². The topological polar surface area (TPSA) is 87.9 Å². The van der Waals surface area contributed by atoms with Crippen LogP contribution in [0.2, 0.25) is 0 Å². The minimum atomic E-state index is -0.244. The van der Waals surface area contributed by atoms with Gasteiger partial charge in [0.25, 0.3) is 5.91 Å². The van der Waals surface area contributed by atoms with Gasteiger partial charge in [-0.3, -0.25) is 4.79 Å². The molecule has 1 heterocycles. The number of hydrogen-bond donors (Lipinski definition) is 2. The molecule has 1 amide bonds. The minimum Gasteiger partial charge on any atom is -0.389 e. The van der Waals surface area contributed by atoms with Gasteiger partial charge in [-0.2, -0.15) is 15.4 Å². The number of aromatic amines is 1. The van der Waals surface area contributed by atoms with Gasteiger partial charge in [-0.1, -0.05) is 12.2 Å². The van der Waals surface area contributed by atoms with Gasteiger partial charge >= 0.3 is 0 Å². The van der Waals surface area contributed by atoms with E-state index < -0.39 is 0 Å². The molecule has 6 nitrogen and oxygen atoms in total. The molecule has 3 N–H and O–H groups in total. The van der Waals surface area contributed by atoms with Crippen molar-refractivity contribution >= 4 is 28.8 Å². The highest BCUT2D eigenvalue weighted by atomic mass is 32.1. The van der Waals surface area contributed by atoms with Crippen LogP contribution in [0.15, 0.2) is 30.5 Å². The van der Waals surface area contributed by atoms with Crippen LogP contribution in [0.1, 0.15) is 16.1 Å². The molecule has 0 unspecified atom stereocenters. The van der Waals surface area contributed by atoms with Crippen molar-refractivity contribution in [1.29, 1.82) is 0 Å². The Balaban J connectivity index is 2.21. The van der Waals surface area contributed by atoms with Gasteiger partial charge in [0.15, 0.2) is 5.69 Å². The predicted octanol–water partition coefficient (Wildman–Crippen LogP) is 0.715. The highest BCUT2D eigenvalue weighted by Crippen LogP contribution is 2.15. The molecule has 0 saturated carbocycles. The van der Waals surface area contributed by atoms with Crippen molar-refractivity contribution in [2.75, 3.05) is 11.9 Å². The van der Waals surface area contributed by atoms with E-state index in [1.165, 1.54) is 11.1 Å². The van der Waals surface area contributed by atoms with Gasteiger partial charge in [0.2, 0.25) is 0 Å². The van der Waals surface area contributed by atoms with E-state index in [9.17, 15) is 4.79 Å². The Morgan fingerprint density at radius 2 is 2.06 bits per heavy atom. The van der Waals surface area contributed by atoms with Gasteiger partial charge in [-0.15, -0.1) is 0 Å². The molecule has 0 fully saturated rings. The predicted molar refractivity (Wildman–Crippen MR) is 71.4 cm³/mol. The zero-order valence-electron chi connectivity index (χ0n) is 9.62. The monoisotopic (exact) mass is 261 g/mol. The summed E-state index contributed by atoms with van der Waals surface area (Å²) >= 11 is 4.86. The smallest absolute Gasteiger partial charge is 0.280 e. The van der Waals surface area contributed by atoms with E-state index in [2.05, 4.69) is 15.4 Å². The van der Waals surface area contributed by atoms with Crippen LogP contribution in [0, 0.1) is 0 Å². The van der Waals surface area contributed by atoms with E-state index in [1.54, 1.807) is 31.3 Å². The summed E-state index contributed by atoms with van der Waals surface area (Å²) in [6.45, 7) is 0. The highest BCUT2D eigenvalue weighted by Gasteiger charge is 2.15. The maximum absolute atomic E-state index is 12.0. The molecular weight excluding hydrogens is 250 g/mol. The fraction of sp³-hybridized carbons (Fsp3) is 0.0909. The van der Waals surface area contributed by atoms with E-state index in [0.29, 0.717) is 4.99 Å². The molecule has 0 radical (unpaired) electrons. The van der Waals surface area contributed by atoms with Crippen molar-refractivity contribution in [2.24, 2.45) is 5.73 Å². The molecule has 0 aliphatic heterocycles. The number of nitrogens with two attached hydrogens (primary N) is 1. The third-order valence-corrected chi connectivity index (χ3v) is 2.71. The van der Waals surface area contributed by atoms with E-state index in [-0.39, 0.29) is 11.6 Å². The number of thiocarbonyl (C=S) groups is 1. The van der Waals surface area contributed by atoms with Crippen LogP contribution in [0.5, 0.6) is 0 Å². The summed E-state index contributed by atoms with van der Waals surface area (Å²) in [5, 5.41) is 9.74. The zero-order chi connectivity index (χ0) is 13.1. The van der Waals surface area contributed by atoms with Crippen molar-refractivity contribution in [1.82, 2.24) is 15.4 Å². The van der Waals surface area contributed by atoms with Crippen LogP contribution >= 0.6 is 12.2 Å². The molecule has 0 atom stereocenters. The summed E-state index contributed by atoms with van der Waals surface area (Å²) in [6, 6.07) is 7.08. The molecule has 0 aliphatic rings. The Kier molecular flexibility index (Phi) is 3.33. The fourth-order valence-corrected chi connectivity index (χ4v) is 1.58. The van der Waals surface area contributed by atoms with Gasteiger partial charge in [-0.05, 0) is 24.3 Å². The molecular formula is C11H11N5OS. The van der Waals surface area contributed by atoms with Gasteiger partial charge < -0.3 is 10.6 Å². The number of anilines is 1. The highest BCUT2D eigenvalue weighted by molar-refractivity contribution is 7.80. The average Bonchev–Trinajstić information content (AvgIpc) is 2.91.